The van der Waals surface area contributed by atoms with Gasteiger partial charge in [-0.05, 0) is 75.6 Å². The van der Waals surface area contributed by atoms with E-state index < -0.39 is 0 Å². The molecule has 2 aromatic rings. The largest absolute Gasteiger partial charge is 0.300 e. The van der Waals surface area contributed by atoms with E-state index in [1.165, 1.54) is 75.6 Å². The van der Waals surface area contributed by atoms with Gasteiger partial charge in [-0.1, -0.05) is 36.4 Å². The SMILES string of the molecule is C1=C(c2ccc(-c3ccc(C4=CN=C([C@H]5NCCS5)C4)c4c3C3CCC4C3)cc2)CC([C@H]2NCCS2)=N1. The van der Waals surface area contributed by atoms with Crippen LogP contribution in [0, 0.1) is 0 Å². The first kappa shape index (κ1) is 22.8. The summed E-state index contributed by atoms with van der Waals surface area (Å²) in [6.45, 7) is 2.18. The zero-order valence-electron chi connectivity index (χ0n) is 21.0. The summed E-state index contributed by atoms with van der Waals surface area (Å²) in [6, 6.07) is 14.1. The van der Waals surface area contributed by atoms with Crippen molar-refractivity contribution in [3.8, 4) is 11.1 Å². The van der Waals surface area contributed by atoms with Gasteiger partial charge < -0.3 is 0 Å². The van der Waals surface area contributed by atoms with Gasteiger partial charge in [0.05, 0.1) is 10.7 Å². The van der Waals surface area contributed by atoms with E-state index in [9.17, 15) is 0 Å². The summed E-state index contributed by atoms with van der Waals surface area (Å²) in [4.78, 5) is 9.63. The molecule has 37 heavy (non-hydrogen) atoms. The molecule has 3 fully saturated rings. The standard InChI is InChI=1S/C31H32N4S2/c1-3-19(4-2-18(1)22-14-26(34-16-22)30-32-9-11-36-30)24-7-8-25(29-21-6-5-20(13-21)28(24)29)23-15-27(35-17-23)31-33-10-12-37-31/h1-4,7-8,16-17,20-21,30-33H,5-6,9-15H2/t20?,21?,30-,31-/m0/s1. The topological polar surface area (TPSA) is 48.8 Å². The lowest BCUT2D eigenvalue weighted by molar-refractivity contribution is 0.717. The van der Waals surface area contributed by atoms with Gasteiger partial charge in [0.15, 0.2) is 0 Å². The molecule has 0 radical (unpaired) electrons. The Labute approximate surface area is 227 Å². The number of thioether (sulfide) groups is 2. The molecule has 4 atom stereocenters. The van der Waals surface area contributed by atoms with Gasteiger partial charge in [-0.25, -0.2) is 0 Å². The molecule has 0 amide bonds. The number of nitrogens with zero attached hydrogens (tertiary/aromatic N) is 2. The number of hydrogen-bond donors (Lipinski definition) is 2. The van der Waals surface area contributed by atoms with Crippen molar-refractivity contribution < 1.29 is 0 Å². The van der Waals surface area contributed by atoms with Gasteiger partial charge in [0.1, 0.15) is 0 Å². The first-order valence-electron chi connectivity index (χ1n) is 13.8. The van der Waals surface area contributed by atoms with E-state index in [2.05, 4.69) is 59.4 Å². The zero-order chi connectivity index (χ0) is 24.3. The normalized spacial score (nSPS) is 29.9. The maximum atomic E-state index is 4.87. The highest BCUT2D eigenvalue weighted by Crippen LogP contribution is 2.58. The van der Waals surface area contributed by atoms with E-state index in [-0.39, 0.29) is 0 Å². The molecule has 2 aromatic carbocycles. The van der Waals surface area contributed by atoms with Crippen LogP contribution in [0.25, 0.3) is 22.3 Å². The van der Waals surface area contributed by atoms with Crippen LogP contribution >= 0.6 is 23.5 Å². The second-order valence-corrected chi connectivity index (χ2v) is 13.5. The lowest BCUT2D eigenvalue weighted by atomic mass is 9.81. The molecular formula is C31H32N4S2. The molecular weight excluding hydrogens is 493 g/mol. The molecule has 2 saturated heterocycles. The fourth-order valence-electron chi connectivity index (χ4n) is 7.25. The summed E-state index contributed by atoms with van der Waals surface area (Å²) < 4.78 is 0. The molecule has 4 nitrogen and oxygen atoms in total. The number of nitrogens with one attached hydrogen (secondary N) is 2. The van der Waals surface area contributed by atoms with Crippen molar-refractivity contribution >= 4 is 46.1 Å². The summed E-state index contributed by atoms with van der Waals surface area (Å²) in [7, 11) is 0. The van der Waals surface area contributed by atoms with Gasteiger partial charge in [-0.3, -0.25) is 20.6 Å². The maximum absolute atomic E-state index is 4.87. The van der Waals surface area contributed by atoms with Crippen molar-refractivity contribution in [2.45, 2.75) is 54.7 Å². The fourth-order valence-corrected chi connectivity index (χ4v) is 9.34. The molecule has 8 rings (SSSR count). The molecule has 188 valence electrons. The van der Waals surface area contributed by atoms with Gasteiger partial charge >= 0.3 is 0 Å². The predicted octanol–water partition coefficient (Wildman–Crippen LogP) is 6.41. The Balaban J connectivity index is 1.06. The van der Waals surface area contributed by atoms with Crippen LogP contribution < -0.4 is 10.6 Å². The molecule has 4 heterocycles. The van der Waals surface area contributed by atoms with Gasteiger partial charge in [0, 0.05) is 61.3 Å². The smallest absolute Gasteiger partial charge is 0.0926 e. The van der Waals surface area contributed by atoms with Gasteiger partial charge in [0.2, 0.25) is 0 Å². The first-order chi connectivity index (χ1) is 18.3. The zero-order valence-corrected chi connectivity index (χ0v) is 22.6. The average molecular weight is 525 g/mol. The van der Waals surface area contributed by atoms with Crippen molar-refractivity contribution in [1.29, 1.82) is 0 Å². The minimum atomic E-state index is 0.397. The van der Waals surface area contributed by atoms with Gasteiger partial charge in [-0.15, -0.1) is 23.5 Å². The Kier molecular flexibility index (Phi) is 5.72. The van der Waals surface area contributed by atoms with Crippen LogP contribution in [-0.4, -0.2) is 46.8 Å². The summed E-state index contributed by atoms with van der Waals surface area (Å²) in [5, 5.41) is 7.97. The monoisotopic (exact) mass is 524 g/mol. The molecule has 2 N–H and O–H groups in total. The van der Waals surface area contributed by atoms with E-state index in [0.717, 1.165) is 31.8 Å². The van der Waals surface area contributed by atoms with Crippen LogP contribution in [0.1, 0.15) is 66.2 Å². The molecule has 2 unspecified atom stereocenters. The van der Waals surface area contributed by atoms with Crippen molar-refractivity contribution in [3.05, 3.63) is 71.1 Å². The number of benzene rings is 2. The highest BCUT2D eigenvalue weighted by atomic mass is 32.2. The third-order valence-electron chi connectivity index (χ3n) is 9.00. The lowest BCUT2D eigenvalue weighted by Gasteiger charge is -2.23. The Morgan fingerprint density at radius 3 is 1.86 bits per heavy atom. The van der Waals surface area contributed by atoms with E-state index in [4.69, 9.17) is 9.98 Å². The second-order valence-electron chi connectivity index (χ2n) is 11.1. The number of rotatable bonds is 5. The molecule has 6 heteroatoms. The molecule has 2 aliphatic carbocycles. The van der Waals surface area contributed by atoms with Crippen molar-refractivity contribution in [2.24, 2.45) is 9.98 Å². The fraction of sp³-hybridized carbons (Fsp3) is 0.419. The number of allylic oxidation sites excluding steroid dienone is 2. The molecule has 0 aromatic heterocycles. The second kappa shape index (κ2) is 9.26. The molecule has 0 spiro atoms. The van der Waals surface area contributed by atoms with Crippen molar-refractivity contribution in [2.75, 3.05) is 24.6 Å². The van der Waals surface area contributed by atoms with E-state index in [0.29, 0.717) is 16.7 Å². The number of hydrogen-bond acceptors (Lipinski definition) is 6. The van der Waals surface area contributed by atoms with Crippen LogP contribution in [-0.2, 0) is 0 Å². The Hall–Kier alpha value is -2.12. The van der Waals surface area contributed by atoms with Crippen LogP contribution in [0.5, 0.6) is 0 Å². The lowest BCUT2D eigenvalue weighted by Crippen LogP contribution is -2.27. The summed E-state index contributed by atoms with van der Waals surface area (Å²) >= 11 is 3.98. The van der Waals surface area contributed by atoms with E-state index in [1.54, 1.807) is 11.1 Å². The van der Waals surface area contributed by atoms with Crippen LogP contribution in [0.15, 0.2) is 58.8 Å². The quantitative estimate of drug-likeness (QED) is 0.474. The van der Waals surface area contributed by atoms with Gasteiger partial charge in [-0.2, -0.15) is 0 Å². The average Bonchev–Trinajstić information content (AvgIpc) is 3.79. The van der Waals surface area contributed by atoms with Crippen LogP contribution in [0.2, 0.25) is 0 Å². The van der Waals surface area contributed by atoms with E-state index in [1.807, 2.05) is 23.5 Å². The predicted molar refractivity (Wildman–Crippen MR) is 160 cm³/mol. The van der Waals surface area contributed by atoms with Crippen LogP contribution in [0.3, 0.4) is 0 Å². The number of fused-ring (bicyclic) bond motifs is 5. The van der Waals surface area contributed by atoms with Crippen LogP contribution in [0.4, 0.5) is 0 Å². The molecule has 6 aliphatic rings. The molecule has 1 saturated carbocycles. The Morgan fingerprint density at radius 1 is 0.649 bits per heavy atom. The third kappa shape index (κ3) is 3.91. The summed E-state index contributed by atoms with van der Waals surface area (Å²) in [5.74, 6) is 3.81. The van der Waals surface area contributed by atoms with Crippen molar-refractivity contribution in [3.63, 3.8) is 0 Å². The summed E-state index contributed by atoms with van der Waals surface area (Å²) in [5.41, 5.74) is 14.2. The summed E-state index contributed by atoms with van der Waals surface area (Å²) in [6.07, 6.45) is 10.2. The number of aliphatic imine (C=N–C) groups is 2. The molecule has 2 bridgehead atoms. The highest BCUT2D eigenvalue weighted by Gasteiger charge is 2.41. The minimum absolute atomic E-state index is 0.397. The minimum Gasteiger partial charge on any atom is -0.300 e. The first-order valence-corrected chi connectivity index (χ1v) is 15.9. The van der Waals surface area contributed by atoms with Crippen molar-refractivity contribution in [1.82, 2.24) is 10.6 Å². The highest BCUT2D eigenvalue weighted by molar-refractivity contribution is 8.01. The Bertz CT molecular complexity index is 1370. The molecule has 4 aliphatic heterocycles. The van der Waals surface area contributed by atoms with E-state index >= 15 is 0 Å². The third-order valence-corrected chi connectivity index (χ3v) is 11.4. The maximum Gasteiger partial charge on any atom is 0.0926 e. The van der Waals surface area contributed by atoms with Gasteiger partial charge in [0.25, 0.3) is 0 Å². The Morgan fingerprint density at radius 2 is 1.22 bits per heavy atom.